The molecule has 0 spiro atoms. The Bertz CT molecular complexity index is 916. The number of hydrogen-bond donors (Lipinski definition) is 0. The van der Waals surface area contributed by atoms with Crippen LogP contribution in [0.3, 0.4) is 0 Å². The predicted octanol–water partition coefficient (Wildman–Crippen LogP) is 3.36. The minimum atomic E-state index is -0.267. The average Bonchev–Trinajstić information content (AvgIpc) is 3.33. The van der Waals surface area contributed by atoms with E-state index in [0.717, 1.165) is 41.5 Å². The summed E-state index contributed by atoms with van der Waals surface area (Å²) in [6.07, 6.45) is 2.04. The number of carbonyl (C=O) groups is 1. The summed E-state index contributed by atoms with van der Waals surface area (Å²) in [5, 5.41) is 8.38. The third kappa shape index (κ3) is 3.07. The first-order valence-corrected chi connectivity index (χ1v) is 8.95. The van der Waals surface area contributed by atoms with Crippen LogP contribution in [-0.2, 0) is 19.5 Å². The van der Waals surface area contributed by atoms with Crippen molar-refractivity contribution in [3.8, 4) is 10.4 Å². The number of fused-ring (bicyclic) bond motifs is 1. The van der Waals surface area contributed by atoms with E-state index in [2.05, 4.69) is 14.8 Å². The molecule has 0 aliphatic carbocycles. The van der Waals surface area contributed by atoms with Gasteiger partial charge in [-0.3, -0.25) is 4.79 Å². The highest BCUT2D eigenvalue weighted by Gasteiger charge is 2.21. The lowest BCUT2D eigenvalue weighted by Crippen LogP contribution is -2.27. The molecule has 0 saturated heterocycles. The number of aryl methyl sites for hydroxylation is 1. The molecule has 1 aliphatic rings. The van der Waals surface area contributed by atoms with Gasteiger partial charge >= 0.3 is 0 Å². The summed E-state index contributed by atoms with van der Waals surface area (Å²) >= 11 is 1.41. The Balaban J connectivity index is 1.49. The standard InChI is InChI=1S/C18H17FN4OS/c1-22(11-17-21-20-16-3-2-10-23(16)17)18(24)15-9-8-14(25-15)12-4-6-13(19)7-5-12/h4-9H,2-3,10-11H2,1H3. The fourth-order valence-electron chi connectivity index (χ4n) is 3.02. The molecule has 1 amide bonds. The number of carbonyl (C=O) groups excluding carboxylic acids is 1. The Kier molecular flexibility index (Phi) is 4.09. The number of thiophene rings is 1. The molecule has 1 aromatic carbocycles. The molecule has 0 saturated carbocycles. The molecule has 5 nitrogen and oxygen atoms in total. The first-order valence-electron chi connectivity index (χ1n) is 8.14. The Labute approximate surface area is 148 Å². The van der Waals surface area contributed by atoms with Crippen molar-refractivity contribution in [2.24, 2.45) is 0 Å². The van der Waals surface area contributed by atoms with Gasteiger partial charge in [0.2, 0.25) is 0 Å². The number of aromatic nitrogens is 3. The van der Waals surface area contributed by atoms with Crippen molar-refractivity contribution in [3.63, 3.8) is 0 Å². The van der Waals surface area contributed by atoms with Crippen molar-refractivity contribution < 1.29 is 9.18 Å². The molecule has 0 unspecified atom stereocenters. The van der Waals surface area contributed by atoms with Gasteiger partial charge in [-0.2, -0.15) is 0 Å². The van der Waals surface area contributed by atoms with E-state index in [1.54, 1.807) is 24.1 Å². The second-order valence-corrected chi connectivity index (χ2v) is 7.20. The molecule has 0 atom stereocenters. The van der Waals surface area contributed by atoms with Gasteiger partial charge in [-0.15, -0.1) is 21.5 Å². The summed E-state index contributed by atoms with van der Waals surface area (Å²) in [7, 11) is 1.77. The monoisotopic (exact) mass is 356 g/mol. The lowest BCUT2D eigenvalue weighted by atomic mass is 10.2. The van der Waals surface area contributed by atoms with E-state index in [1.165, 1.54) is 23.5 Å². The van der Waals surface area contributed by atoms with E-state index in [-0.39, 0.29) is 11.7 Å². The molecular weight excluding hydrogens is 339 g/mol. The number of halogens is 1. The minimum Gasteiger partial charge on any atom is -0.333 e. The smallest absolute Gasteiger partial charge is 0.264 e. The Morgan fingerprint density at radius 2 is 2.04 bits per heavy atom. The summed E-state index contributed by atoms with van der Waals surface area (Å²) in [4.78, 5) is 16.0. The van der Waals surface area contributed by atoms with Gasteiger partial charge in [0.25, 0.3) is 5.91 Å². The third-order valence-electron chi connectivity index (χ3n) is 4.36. The molecule has 7 heteroatoms. The highest BCUT2D eigenvalue weighted by molar-refractivity contribution is 7.17. The minimum absolute atomic E-state index is 0.0475. The molecular formula is C18H17FN4OS. The zero-order chi connectivity index (χ0) is 17.4. The molecule has 4 rings (SSSR count). The van der Waals surface area contributed by atoms with Crippen molar-refractivity contribution in [1.29, 1.82) is 0 Å². The van der Waals surface area contributed by atoms with Crippen LogP contribution in [0.2, 0.25) is 0 Å². The molecule has 0 fully saturated rings. The van der Waals surface area contributed by atoms with Crippen LogP contribution in [0.15, 0.2) is 36.4 Å². The van der Waals surface area contributed by atoms with Gasteiger partial charge in [0.1, 0.15) is 11.6 Å². The van der Waals surface area contributed by atoms with E-state index >= 15 is 0 Å². The molecule has 2 aromatic heterocycles. The molecule has 0 radical (unpaired) electrons. The van der Waals surface area contributed by atoms with Gasteiger partial charge in [-0.05, 0) is 36.2 Å². The first kappa shape index (κ1) is 16.0. The largest absolute Gasteiger partial charge is 0.333 e. The maximum absolute atomic E-state index is 13.0. The van der Waals surface area contributed by atoms with Crippen molar-refractivity contribution in [2.45, 2.75) is 25.9 Å². The molecule has 0 bridgehead atoms. The topological polar surface area (TPSA) is 51.0 Å². The van der Waals surface area contributed by atoms with Crippen LogP contribution < -0.4 is 0 Å². The molecule has 25 heavy (non-hydrogen) atoms. The van der Waals surface area contributed by atoms with Crippen LogP contribution >= 0.6 is 11.3 Å². The van der Waals surface area contributed by atoms with Crippen LogP contribution in [-0.4, -0.2) is 32.6 Å². The van der Waals surface area contributed by atoms with Gasteiger partial charge in [-0.1, -0.05) is 12.1 Å². The number of amides is 1. The molecule has 3 aromatic rings. The second kappa shape index (κ2) is 6.40. The Hall–Kier alpha value is -2.54. The lowest BCUT2D eigenvalue weighted by molar-refractivity contribution is 0.0785. The Morgan fingerprint density at radius 3 is 2.84 bits per heavy atom. The van der Waals surface area contributed by atoms with Crippen molar-refractivity contribution in [2.75, 3.05) is 7.05 Å². The molecule has 0 N–H and O–H groups in total. The van der Waals surface area contributed by atoms with Gasteiger partial charge in [0, 0.05) is 24.9 Å². The van der Waals surface area contributed by atoms with Crippen LogP contribution in [0, 0.1) is 5.82 Å². The summed E-state index contributed by atoms with van der Waals surface area (Å²) in [6.45, 7) is 1.36. The maximum atomic E-state index is 13.0. The molecule has 3 heterocycles. The fraction of sp³-hybridized carbons (Fsp3) is 0.278. The summed E-state index contributed by atoms with van der Waals surface area (Å²) in [6, 6.07) is 10.0. The van der Waals surface area contributed by atoms with Gasteiger partial charge in [-0.25, -0.2) is 4.39 Å². The SMILES string of the molecule is CN(Cc1nnc2n1CCC2)C(=O)c1ccc(-c2ccc(F)cc2)s1. The van der Waals surface area contributed by atoms with E-state index in [1.807, 2.05) is 12.1 Å². The zero-order valence-electron chi connectivity index (χ0n) is 13.8. The van der Waals surface area contributed by atoms with Crippen LogP contribution in [0.5, 0.6) is 0 Å². The van der Waals surface area contributed by atoms with Crippen LogP contribution in [0.1, 0.15) is 27.7 Å². The van der Waals surface area contributed by atoms with Crippen LogP contribution in [0.25, 0.3) is 10.4 Å². The number of nitrogens with zero attached hydrogens (tertiary/aromatic N) is 4. The van der Waals surface area contributed by atoms with Crippen molar-refractivity contribution >= 4 is 17.2 Å². The third-order valence-corrected chi connectivity index (χ3v) is 5.48. The van der Waals surface area contributed by atoms with E-state index in [9.17, 15) is 9.18 Å². The lowest BCUT2D eigenvalue weighted by Gasteiger charge is -2.15. The maximum Gasteiger partial charge on any atom is 0.264 e. The fourth-order valence-corrected chi connectivity index (χ4v) is 4.03. The first-order chi connectivity index (χ1) is 12.1. The highest BCUT2D eigenvalue weighted by atomic mass is 32.1. The van der Waals surface area contributed by atoms with Gasteiger partial charge < -0.3 is 9.47 Å². The molecule has 128 valence electrons. The van der Waals surface area contributed by atoms with E-state index < -0.39 is 0 Å². The zero-order valence-corrected chi connectivity index (χ0v) is 14.6. The van der Waals surface area contributed by atoms with Crippen molar-refractivity contribution in [1.82, 2.24) is 19.7 Å². The predicted molar refractivity (Wildman–Crippen MR) is 93.9 cm³/mol. The van der Waals surface area contributed by atoms with Gasteiger partial charge in [0.05, 0.1) is 11.4 Å². The summed E-state index contributed by atoms with van der Waals surface area (Å²) in [5.41, 5.74) is 0.906. The van der Waals surface area contributed by atoms with E-state index in [0.29, 0.717) is 11.4 Å². The summed E-state index contributed by atoms with van der Waals surface area (Å²) < 4.78 is 15.1. The quantitative estimate of drug-likeness (QED) is 0.720. The van der Waals surface area contributed by atoms with Gasteiger partial charge in [0.15, 0.2) is 5.82 Å². The number of hydrogen-bond acceptors (Lipinski definition) is 4. The second-order valence-electron chi connectivity index (χ2n) is 6.12. The highest BCUT2D eigenvalue weighted by Crippen LogP contribution is 2.29. The average molecular weight is 356 g/mol. The Morgan fingerprint density at radius 1 is 1.24 bits per heavy atom. The number of rotatable bonds is 4. The molecule has 1 aliphatic heterocycles. The number of benzene rings is 1. The van der Waals surface area contributed by atoms with Crippen molar-refractivity contribution in [3.05, 3.63) is 58.7 Å². The normalized spacial score (nSPS) is 13.0. The van der Waals surface area contributed by atoms with Crippen LogP contribution in [0.4, 0.5) is 4.39 Å². The summed E-state index contributed by atoms with van der Waals surface area (Å²) in [5.74, 6) is 1.52. The van der Waals surface area contributed by atoms with E-state index in [4.69, 9.17) is 0 Å².